The quantitative estimate of drug-likeness (QED) is 0.518. The normalized spacial score (nSPS) is 26.1. The molecule has 0 aliphatic heterocycles. The van der Waals surface area contributed by atoms with Crippen molar-refractivity contribution < 1.29 is 4.74 Å². The molecule has 100 valence electrons. The third-order valence-electron chi connectivity index (χ3n) is 3.67. The van der Waals surface area contributed by atoms with Crippen molar-refractivity contribution in [1.82, 2.24) is 5.32 Å². The first-order valence-electron chi connectivity index (χ1n) is 7.21. The van der Waals surface area contributed by atoms with Gasteiger partial charge in [0.25, 0.3) is 0 Å². The Bertz CT molecular complexity index is 215. The number of ether oxygens (including phenoxy) is 1. The maximum atomic E-state index is 5.96. The van der Waals surface area contributed by atoms with Gasteiger partial charge in [-0.1, -0.05) is 26.0 Å². The van der Waals surface area contributed by atoms with Crippen LogP contribution < -0.4 is 5.32 Å². The molecule has 1 N–H and O–H groups in total. The summed E-state index contributed by atoms with van der Waals surface area (Å²) >= 11 is 0. The fourth-order valence-corrected chi connectivity index (χ4v) is 2.22. The monoisotopic (exact) mass is 239 g/mol. The second-order valence-electron chi connectivity index (χ2n) is 5.36. The molecule has 0 heterocycles. The second kappa shape index (κ2) is 8.71. The Labute approximate surface area is 107 Å². The topological polar surface area (TPSA) is 21.3 Å². The van der Waals surface area contributed by atoms with E-state index in [1.165, 1.54) is 19.3 Å². The summed E-state index contributed by atoms with van der Waals surface area (Å²) < 4.78 is 5.96. The Kier molecular flexibility index (Phi) is 7.54. The minimum atomic E-state index is 0.387. The summed E-state index contributed by atoms with van der Waals surface area (Å²) in [4.78, 5) is 0. The van der Waals surface area contributed by atoms with Crippen molar-refractivity contribution in [2.24, 2.45) is 11.8 Å². The van der Waals surface area contributed by atoms with Crippen molar-refractivity contribution in [3.8, 4) is 0 Å². The molecule has 1 rings (SSSR count). The number of rotatable bonds is 8. The first-order chi connectivity index (χ1) is 8.24. The van der Waals surface area contributed by atoms with Gasteiger partial charge >= 0.3 is 0 Å². The van der Waals surface area contributed by atoms with Gasteiger partial charge in [0, 0.05) is 0 Å². The van der Waals surface area contributed by atoms with Crippen LogP contribution in [0.5, 0.6) is 0 Å². The molecule has 0 radical (unpaired) electrons. The van der Waals surface area contributed by atoms with Crippen molar-refractivity contribution in [3.63, 3.8) is 0 Å². The molecule has 17 heavy (non-hydrogen) atoms. The molecule has 1 aliphatic rings. The summed E-state index contributed by atoms with van der Waals surface area (Å²) in [5.41, 5.74) is 0. The van der Waals surface area contributed by atoms with Crippen molar-refractivity contribution in [2.75, 3.05) is 19.7 Å². The van der Waals surface area contributed by atoms with Crippen LogP contribution in [0.15, 0.2) is 12.2 Å². The molecule has 0 saturated carbocycles. The molecule has 2 heteroatoms. The largest absolute Gasteiger partial charge is 0.378 e. The van der Waals surface area contributed by atoms with E-state index in [1.807, 2.05) is 0 Å². The average Bonchev–Trinajstić information content (AvgIpc) is 2.34. The summed E-state index contributed by atoms with van der Waals surface area (Å²) in [5, 5.41) is 3.42. The summed E-state index contributed by atoms with van der Waals surface area (Å²) in [6.45, 7) is 9.86. The zero-order valence-electron chi connectivity index (χ0n) is 11.7. The van der Waals surface area contributed by atoms with Crippen LogP contribution in [-0.4, -0.2) is 25.8 Å². The van der Waals surface area contributed by atoms with Crippen LogP contribution in [0.25, 0.3) is 0 Å². The fourth-order valence-electron chi connectivity index (χ4n) is 2.22. The minimum Gasteiger partial charge on any atom is -0.378 e. The van der Waals surface area contributed by atoms with Gasteiger partial charge in [0.15, 0.2) is 0 Å². The highest BCUT2D eigenvalue weighted by molar-refractivity contribution is 4.93. The lowest BCUT2D eigenvalue weighted by molar-refractivity contribution is 0.0226. The van der Waals surface area contributed by atoms with Gasteiger partial charge in [-0.25, -0.2) is 0 Å². The maximum Gasteiger partial charge on any atom is 0.0559 e. The van der Waals surface area contributed by atoms with E-state index in [-0.39, 0.29) is 0 Å². The van der Waals surface area contributed by atoms with Gasteiger partial charge < -0.3 is 10.1 Å². The van der Waals surface area contributed by atoms with Crippen LogP contribution in [0.3, 0.4) is 0 Å². The molecule has 0 fully saturated rings. The van der Waals surface area contributed by atoms with Crippen LogP contribution >= 0.6 is 0 Å². The lowest BCUT2D eigenvalue weighted by Crippen LogP contribution is -2.25. The molecule has 0 bridgehead atoms. The van der Waals surface area contributed by atoms with E-state index in [1.54, 1.807) is 0 Å². The molecule has 3 unspecified atom stereocenters. The third kappa shape index (κ3) is 6.23. The third-order valence-corrected chi connectivity index (χ3v) is 3.67. The van der Waals surface area contributed by atoms with Crippen LogP contribution in [-0.2, 0) is 4.74 Å². The van der Waals surface area contributed by atoms with E-state index in [0.717, 1.165) is 38.0 Å². The van der Waals surface area contributed by atoms with Gasteiger partial charge in [-0.3, -0.25) is 0 Å². The van der Waals surface area contributed by atoms with Crippen molar-refractivity contribution in [2.45, 2.75) is 52.6 Å². The Morgan fingerprint density at radius 1 is 1.29 bits per heavy atom. The van der Waals surface area contributed by atoms with Crippen LogP contribution in [0.2, 0.25) is 0 Å². The molecular formula is C15H29NO. The molecule has 3 atom stereocenters. The SMILES string of the molecule is CCCNCCC(C)OCC1CC=CCC1C. The molecule has 0 aromatic heterocycles. The second-order valence-corrected chi connectivity index (χ2v) is 5.36. The smallest absolute Gasteiger partial charge is 0.0559 e. The fraction of sp³-hybridized carbons (Fsp3) is 0.867. The van der Waals surface area contributed by atoms with Crippen molar-refractivity contribution in [1.29, 1.82) is 0 Å². The molecular weight excluding hydrogens is 210 g/mol. The number of allylic oxidation sites excluding steroid dienone is 2. The van der Waals surface area contributed by atoms with Crippen LogP contribution in [0.1, 0.15) is 46.5 Å². The lowest BCUT2D eigenvalue weighted by Gasteiger charge is -2.26. The number of nitrogens with one attached hydrogen (secondary N) is 1. The highest BCUT2D eigenvalue weighted by Crippen LogP contribution is 2.25. The average molecular weight is 239 g/mol. The van der Waals surface area contributed by atoms with Gasteiger partial charge in [0.1, 0.15) is 0 Å². The van der Waals surface area contributed by atoms with Gasteiger partial charge in [-0.05, 0) is 57.5 Å². The Morgan fingerprint density at radius 2 is 2.06 bits per heavy atom. The number of hydrogen-bond donors (Lipinski definition) is 1. The molecule has 0 spiro atoms. The Balaban J connectivity index is 2.06. The summed E-state index contributed by atoms with van der Waals surface area (Å²) in [6.07, 6.45) is 9.75. The molecule has 0 aromatic carbocycles. The Morgan fingerprint density at radius 3 is 2.76 bits per heavy atom. The molecule has 1 aliphatic carbocycles. The van der Waals surface area contributed by atoms with E-state index in [9.17, 15) is 0 Å². The highest BCUT2D eigenvalue weighted by atomic mass is 16.5. The van der Waals surface area contributed by atoms with Gasteiger partial charge in [0.05, 0.1) is 12.7 Å². The standard InChI is InChI=1S/C15H29NO/c1-4-10-16-11-9-14(3)17-12-15-8-6-5-7-13(15)2/h5-6,13-16H,4,7-12H2,1-3H3. The minimum absolute atomic E-state index is 0.387. The predicted molar refractivity (Wildman–Crippen MR) is 74.2 cm³/mol. The zero-order valence-corrected chi connectivity index (χ0v) is 11.7. The molecule has 2 nitrogen and oxygen atoms in total. The summed E-state index contributed by atoms with van der Waals surface area (Å²) in [6, 6.07) is 0. The van der Waals surface area contributed by atoms with E-state index >= 15 is 0 Å². The van der Waals surface area contributed by atoms with Crippen LogP contribution in [0.4, 0.5) is 0 Å². The van der Waals surface area contributed by atoms with E-state index < -0.39 is 0 Å². The van der Waals surface area contributed by atoms with E-state index in [2.05, 4.69) is 38.2 Å². The maximum absolute atomic E-state index is 5.96. The first-order valence-corrected chi connectivity index (χ1v) is 7.21. The molecule has 0 saturated heterocycles. The predicted octanol–water partition coefficient (Wildman–Crippen LogP) is 3.38. The molecule has 0 aromatic rings. The lowest BCUT2D eigenvalue weighted by atomic mass is 9.85. The zero-order chi connectivity index (χ0) is 12.5. The number of hydrogen-bond acceptors (Lipinski definition) is 2. The van der Waals surface area contributed by atoms with E-state index in [0.29, 0.717) is 6.10 Å². The summed E-state index contributed by atoms with van der Waals surface area (Å²) in [5.74, 6) is 1.51. The van der Waals surface area contributed by atoms with Crippen molar-refractivity contribution >= 4 is 0 Å². The van der Waals surface area contributed by atoms with Gasteiger partial charge in [-0.15, -0.1) is 0 Å². The van der Waals surface area contributed by atoms with Gasteiger partial charge in [-0.2, -0.15) is 0 Å². The first kappa shape index (κ1) is 14.7. The van der Waals surface area contributed by atoms with Gasteiger partial charge in [0.2, 0.25) is 0 Å². The molecule has 0 amide bonds. The highest BCUT2D eigenvalue weighted by Gasteiger charge is 2.19. The van der Waals surface area contributed by atoms with E-state index in [4.69, 9.17) is 4.74 Å². The Hall–Kier alpha value is -0.340. The van der Waals surface area contributed by atoms with Crippen molar-refractivity contribution in [3.05, 3.63) is 12.2 Å². The summed E-state index contributed by atoms with van der Waals surface area (Å²) in [7, 11) is 0. The van der Waals surface area contributed by atoms with Crippen LogP contribution in [0, 0.1) is 11.8 Å².